The van der Waals surface area contributed by atoms with Crippen molar-refractivity contribution in [3.63, 3.8) is 0 Å². The zero-order chi connectivity index (χ0) is 18.7. The summed E-state index contributed by atoms with van der Waals surface area (Å²) in [4.78, 5) is 26.8. The van der Waals surface area contributed by atoms with E-state index in [0.717, 1.165) is 56.4 Å². The van der Waals surface area contributed by atoms with Gasteiger partial charge in [0.25, 0.3) is 5.91 Å². The number of hydrogen-bond acceptors (Lipinski definition) is 5. The van der Waals surface area contributed by atoms with Crippen molar-refractivity contribution in [2.24, 2.45) is 18.9 Å². The van der Waals surface area contributed by atoms with E-state index in [0.29, 0.717) is 17.5 Å². The van der Waals surface area contributed by atoms with Crippen LogP contribution in [0.5, 0.6) is 0 Å². The van der Waals surface area contributed by atoms with Gasteiger partial charge < -0.3 is 9.80 Å². The number of carbonyl (C=O) groups is 1. The van der Waals surface area contributed by atoms with Crippen LogP contribution in [0.4, 0.5) is 5.82 Å². The Labute approximate surface area is 159 Å². The largest absolute Gasteiger partial charge is 0.356 e. The molecule has 2 aromatic heterocycles. The van der Waals surface area contributed by atoms with Crippen LogP contribution in [0.3, 0.4) is 0 Å². The SMILES string of the molecule is Cc1cc(C(=O)N2CC3CN(c4nc(C)nc5c4CCC5)CC3C2)n(C)n1. The number of anilines is 1. The number of likely N-dealkylation sites (tertiary alicyclic amines) is 1. The molecule has 2 saturated heterocycles. The molecule has 4 heterocycles. The molecule has 142 valence electrons. The summed E-state index contributed by atoms with van der Waals surface area (Å²) in [5.74, 6) is 3.19. The number of rotatable bonds is 2. The fourth-order valence-corrected chi connectivity index (χ4v) is 5.10. The number of aryl methyl sites for hydroxylation is 4. The van der Waals surface area contributed by atoms with Crippen LogP contribution in [0.15, 0.2) is 6.07 Å². The lowest BCUT2D eigenvalue weighted by atomic mass is 10.0. The minimum Gasteiger partial charge on any atom is -0.356 e. The van der Waals surface area contributed by atoms with Gasteiger partial charge in [-0.1, -0.05) is 0 Å². The first-order valence-electron chi connectivity index (χ1n) is 9.91. The van der Waals surface area contributed by atoms with E-state index in [9.17, 15) is 4.79 Å². The van der Waals surface area contributed by atoms with Gasteiger partial charge in [-0.25, -0.2) is 9.97 Å². The second kappa shape index (κ2) is 6.04. The Morgan fingerprint density at radius 3 is 2.48 bits per heavy atom. The molecular weight excluding hydrogens is 340 g/mol. The predicted molar refractivity (Wildman–Crippen MR) is 102 cm³/mol. The van der Waals surface area contributed by atoms with Gasteiger partial charge in [0.05, 0.1) is 5.69 Å². The van der Waals surface area contributed by atoms with Gasteiger partial charge in [-0.3, -0.25) is 9.48 Å². The van der Waals surface area contributed by atoms with Crippen molar-refractivity contribution in [3.05, 3.63) is 34.5 Å². The van der Waals surface area contributed by atoms with Gasteiger partial charge in [0.1, 0.15) is 17.3 Å². The normalized spacial score (nSPS) is 23.8. The molecule has 7 heteroatoms. The summed E-state index contributed by atoms with van der Waals surface area (Å²) in [6, 6.07) is 1.88. The molecule has 2 aliphatic heterocycles. The highest BCUT2D eigenvalue weighted by atomic mass is 16.2. The lowest BCUT2D eigenvalue weighted by Crippen LogP contribution is -2.34. The Morgan fingerprint density at radius 1 is 1.07 bits per heavy atom. The number of fused-ring (bicyclic) bond motifs is 2. The Bertz CT molecular complexity index is 905. The fraction of sp³-hybridized carbons (Fsp3) is 0.600. The molecule has 5 rings (SSSR count). The molecule has 27 heavy (non-hydrogen) atoms. The van der Waals surface area contributed by atoms with Crippen LogP contribution in [0.25, 0.3) is 0 Å². The Hall–Kier alpha value is -2.44. The van der Waals surface area contributed by atoms with E-state index in [1.165, 1.54) is 17.7 Å². The van der Waals surface area contributed by atoms with Gasteiger partial charge in [0, 0.05) is 56.3 Å². The van der Waals surface area contributed by atoms with Gasteiger partial charge in [-0.15, -0.1) is 0 Å². The lowest BCUT2D eigenvalue weighted by molar-refractivity contribution is 0.0771. The van der Waals surface area contributed by atoms with Crippen LogP contribution in [0.1, 0.15) is 39.7 Å². The zero-order valence-corrected chi connectivity index (χ0v) is 16.3. The molecular formula is C20H26N6O. The van der Waals surface area contributed by atoms with Gasteiger partial charge in [-0.2, -0.15) is 5.10 Å². The molecule has 1 amide bonds. The van der Waals surface area contributed by atoms with E-state index >= 15 is 0 Å². The third-order valence-corrected chi connectivity index (χ3v) is 6.32. The smallest absolute Gasteiger partial charge is 0.272 e. The van der Waals surface area contributed by atoms with Crippen LogP contribution in [0, 0.1) is 25.7 Å². The molecule has 0 saturated carbocycles. The van der Waals surface area contributed by atoms with E-state index in [-0.39, 0.29) is 5.91 Å². The molecule has 2 atom stereocenters. The average molecular weight is 366 g/mol. The molecule has 0 spiro atoms. The van der Waals surface area contributed by atoms with Crippen molar-refractivity contribution < 1.29 is 4.79 Å². The summed E-state index contributed by atoms with van der Waals surface area (Å²) in [5.41, 5.74) is 4.18. The van der Waals surface area contributed by atoms with E-state index in [1.807, 2.05) is 31.9 Å². The maximum Gasteiger partial charge on any atom is 0.272 e. The van der Waals surface area contributed by atoms with Crippen LogP contribution < -0.4 is 4.90 Å². The monoisotopic (exact) mass is 366 g/mol. The molecule has 2 unspecified atom stereocenters. The number of amides is 1. The summed E-state index contributed by atoms with van der Waals surface area (Å²) in [7, 11) is 1.84. The van der Waals surface area contributed by atoms with Crippen LogP contribution in [-0.4, -0.2) is 56.7 Å². The molecule has 0 radical (unpaired) electrons. The zero-order valence-electron chi connectivity index (χ0n) is 16.3. The van der Waals surface area contributed by atoms with Crippen molar-refractivity contribution in [1.29, 1.82) is 0 Å². The van der Waals surface area contributed by atoms with Crippen molar-refractivity contribution in [1.82, 2.24) is 24.6 Å². The van der Waals surface area contributed by atoms with Gasteiger partial charge >= 0.3 is 0 Å². The number of carbonyl (C=O) groups excluding carboxylic acids is 1. The minimum atomic E-state index is 0.109. The summed E-state index contributed by atoms with van der Waals surface area (Å²) in [5, 5.41) is 4.32. The number of nitrogens with zero attached hydrogens (tertiary/aromatic N) is 6. The third-order valence-electron chi connectivity index (χ3n) is 6.32. The summed E-state index contributed by atoms with van der Waals surface area (Å²) in [6.07, 6.45) is 3.37. The van der Waals surface area contributed by atoms with Crippen molar-refractivity contribution in [2.45, 2.75) is 33.1 Å². The van der Waals surface area contributed by atoms with Crippen molar-refractivity contribution in [2.75, 3.05) is 31.1 Å². The van der Waals surface area contributed by atoms with Gasteiger partial charge in [-0.05, 0) is 39.2 Å². The highest BCUT2D eigenvalue weighted by Crippen LogP contribution is 2.37. The van der Waals surface area contributed by atoms with Crippen LogP contribution in [0.2, 0.25) is 0 Å². The summed E-state index contributed by atoms with van der Waals surface area (Å²) < 4.78 is 1.70. The van der Waals surface area contributed by atoms with E-state index in [4.69, 9.17) is 4.98 Å². The fourth-order valence-electron chi connectivity index (χ4n) is 5.10. The summed E-state index contributed by atoms with van der Waals surface area (Å²) >= 11 is 0. The van der Waals surface area contributed by atoms with E-state index < -0.39 is 0 Å². The molecule has 1 aliphatic carbocycles. The first-order valence-corrected chi connectivity index (χ1v) is 9.91. The highest BCUT2D eigenvalue weighted by molar-refractivity contribution is 5.93. The first kappa shape index (κ1) is 16.7. The minimum absolute atomic E-state index is 0.109. The van der Waals surface area contributed by atoms with E-state index in [1.54, 1.807) is 4.68 Å². The Balaban J connectivity index is 1.32. The maximum atomic E-state index is 12.9. The second-order valence-electron chi connectivity index (χ2n) is 8.30. The molecule has 0 N–H and O–H groups in total. The molecule has 7 nitrogen and oxygen atoms in total. The molecule has 2 fully saturated rings. The molecule has 2 aromatic rings. The van der Waals surface area contributed by atoms with Crippen LogP contribution >= 0.6 is 0 Å². The molecule has 0 bridgehead atoms. The topological polar surface area (TPSA) is 67.2 Å². The Kier molecular flexibility index (Phi) is 3.74. The number of aromatic nitrogens is 4. The predicted octanol–water partition coefficient (Wildman–Crippen LogP) is 1.52. The highest BCUT2D eigenvalue weighted by Gasteiger charge is 2.43. The first-order chi connectivity index (χ1) is 13.0. The molecule has 0 aromatic carbocycles. The van der Waals surface area contributed by atoms with Crippen LogP contribution in [-0.2, 0) is 19.9 Å². The van der Waals surface area contributed by atoms with E-state index in [2.05, 4.69) is 15.0 Å². The maximum absolute atomic E-state index is 12.9. The molecule has 3 aliphatic rings. The second-order valence-corrected chi connectivity index (χ2v) is 8.30. The van der Waals surface area contributed by atoms with Gasteiger partial charge in [0.2, 0.25) is 0 Å². The standard InChI is InChI=1S/C20H26N6O/c1-12-7-18(24(3)23-12)20(27)26-10-14-8-25(9-15(14)11-26)19-16-5-4-6-17(16)21-13(2)22-19/h7,14-15H,4-6,8-11H2,1-3H3. The lowest BCUT2D eigenvalue weighted by Gasteiger charge is -2.24. The summed E-state index contributed by atoms with van der Waals surface area (Å²) in [6.45, 7) is 7.56. The quantitative estimate of drug-likeness (QED) is 0.806. The van der Waals surface area contributed by atoms with Crippen molar-refractivity contribution >= 4 is 11.7 Å². The van der Waals surface area contributed by atoms with Gasteiger partial charge in [0.15, 0.2) is 0 Å². The third kappa shape index (κ3) is 2.71. The average Bonchev–Trinajstić information content (AvgIpc) is 3.35. The number of hydrogen-bond donors (Lipinski definition) is 0. The Morgan fingerprint density at radius 2 is 1.81 bits per heavy atom. The van der Waals surface area contributed by atoms with Crippen molar-refractivity contribution in [3.8, 4) is 0 Å².